The standard InChI is InChI=1S/C22H30O4/c23-20-15-19-17(10-5-4-9-16-7-2-1-3-8-16)22(19)18(20)11-6-13-26-14-12-21(24)25/h1-3,5,7-8,10,17-20,22-23H,4,6,9,11-15H2,(H,24,25)/b10-5+/t17?,18-,19?,20?,22?/m1/s1. The average molecular weight is 358 g/mol. The Bertz CT molecular complexity index is 597. The molecule has 0 heterocycles. The van der Waals surface area contributed by atoms with Crippen LogP contribution in [0.4, 0.5) is 0 Å². The topological polar surface area (TPSA) is 66.8 Å². The highest BCUT2D eigenvalue weighted by Gasteiger charge is 2.59. The Labute approximate surface area is 155 Å². The van der Waals surface area contributed by atoms with E-state index in [1.54, 1.807) is 0 Å². The number of aliphatic carboxylic acids is 1. The van der Waals surface area contributed by atoms with Crippen LogP contribution in [0.15, 0.2) is 42.5 Å². The van der Waals surface area contributed by atoms with E-state index in [0.717, 1.165) is 32.1 Å². The van der Waals surface area contributed by atoms with Crippen molar-refractivity contribution in [1.29, 1.82) is 0 Å². The molecule has 4 nitrogen and oxygen atoms in total. The van der Waals surface area contributed by atoms with E-state index in [1.165, 1.54) is 5.56 Å². The molecule has 2 saturated carbocycles. The summed E-state index contributed by atoms with van der Waals surface area (Å²) in [6.45, 7) is 0.868. The van der Waals surface area contributed by atoms with Crippen molar-refractivity contribution in [1.82, 2.24) is 0 Å². The minimum atomic E-state index is -0.820. The summed E-state index contributed by atoms with van der Waals surface area (Å²) in [5.74, 6) is 1.51. The zero-order chi connectivity index (χ0) is 18.4. The number of hydrogen-bond acceptors (Lipinski definition) is 3. The van der Waals surface area contributed by atoms with E-state index in [9.17, 15) is 9.90 Å². The summed E-state index contributed by atoms with van der Waals surface area (Å²) in [5, 5.41) is 18.8. The lowest BCUT2D eigenvalue weighted by molar-refractivity contribution is -0.138. The third-order valence-electron chi connectivity index (χ3n) is 5.88. The summed E-state index contributed by atoms with van der Waals surface area (Å²) in [4.78, 5) is 10.4. The molecule has 5 atom stereocenters. The Morgan fingerprint density at radius 2 is 2.04 bits per heavy atom. The number of benzene rings is 1. The van der Waals surface area contributed by atoms with Crippen LogP contribution in [0.3, 0.4) is 0 Å². The minimum Gasteiger partial charge on any atom is -0.481 e. The maximum absolute atomic E-state index is 10.4. The second-order valence-electron chi connectivity index (χ2n) is 7.64. The van der Waals surface area contributed by atoms with Crippen LogP contribution in [-0.2, 0) is 16.0 Å². The number of hydrogen-bond donors (Lipinski definition) is 2. The Morgan fingerprint density at radius 3 is 2.81 bits per heavy atom. The molecule has 0 bridgehead atoms. The van der Waals surface area contributed by atoms with Gasteiger partial charge in [0.25, 0.3) is 0 Å². The first-order valence-electron chi connectivity index (χ1n) is 9.85. The molecule has 26 heavy (non-hydrogen) atoms. The maximum atomic E-state index is 10.4. The average Bonchev–Trinajstić information content (AvgIpc) is 3.18. The molecule has 142 valence electrons. The molecule has 0 spiro atoms. The second-order valence-corrected chi connectivity index (χ2v) is 7.64. The molecule has 1 aromatic carbocycles. The van der Waals surface area contributed by atoms with Crippen molar-refractivity contribution in [3.05, 3.63) is 48.0 Å². The SMILES string of the molecule is O=C(O)CCOCCC[C@@H]1C(O)CC2C(/C=C/CCc3ccccc3)C21. The lowest BCUT2D eigenvalue weighted by Gasteiger charge is -2.19. The van der Waals surface area contributed by atoms with Crippen LogP contribution in [0.5, 0.6) is 0 Å². The first-order valence-corrected chi connectivity index (χ1v) is 9.85. The Morgan fingerprint density at radius 1 is 1.23 bits per heavy atom. The maximum Gasteiger partial charge on any atom is 0.305 e. The quantitative estimate of drug-likeness (QED) is 0.468. The smallest absolute Gasteiger partial charge is 0.305 e. The van der Waals surface area contributed by atoms with E-state index < -0.39 is 5.97 Å². The van der Waals surface area contributed by atoms with Crippen molar-refractivity contribution in [2.24, 2.45) is 23.7 Å². The number of aliphatic hydroxyl groups is 1. The first-order chi connectivity index (χ1) is 12.7. The van der Waals surface area contributed by atoms with Crippen LogP contribution in [0.2, 0.25) is 0 Å². The molecule has 4 unspecified atom stereocenters. The minimum absolute atomic E-state index is 0.0621. The summed E-state index contributed by atoms with van der Waals surface area (Å²) < 4.78 is 5.36. The number of allylic oxidation sites excluding steroid dienone is 2. The van der Waals surface area contributed by atoms with Crippen LogP contribution >= 0.6 is 0 Å². The lowest BCUT2D eigenvalue weighted by atomic mass is 9.92. The number of ether oxygens (including phenoxy) is 1. The van der Waals surface area contributed by atoms with Gasteiger partial charge in [-0.3, -0.25) is 4.79 Å². The van der Waals surface area contributed by atoms with Crippen molar-refractivity contribution in [2.75, 3.05) is 13.2 Å². The van der Waals surface area contributed by atoms with Crippen LogP contribution in [0.1, 0.15) is 37.7 Å². The van der Waals surface area contributed by atoms with Gasteiger partial charge in [-0.25, -0.2) is 0 Å². The predicted octanol–water partition coefficient (Wildman–Crippen LogP) is 3.69. The van der Waals surface area contributed by atoms with E-state index in [1.807, 2.05) is 6.07 Å². The molecule has 3 rings (SSSR count). The fourth-order valence-electron chi connectivity index (χ4n) is 4.54. The fraction of sp³-hybridized carbons (Fsp3) is 0.591. The number of aryl methyl sites for hydroxylation is 1. The van der Waals surface area contributed by atoms with Crippen molar-refractivity contribution in [2.45, 2.75) is 44.6 Å². The Balaban J connectivity index is 1.33. The molecule has 0 amide bonds. The van der Waals surface area contributed by atoms with Gasteiger partial charge in [0.1, 0.15) is 0 Å². The molecular formula is C22H30O4. The monoisotopic (exact) mass is 358 g/mol. The van der Waals surface area contributed by atoms with Crippen LogP contribution in [0.25, 0.3) is 0 Å². The normalized spacial score (nSPS) is 29.8. The number of carbonyl (C=O) groups is 1. The molecule has 0 aromatic heterocycles. The van der Waals surface area contributed by atoms with Crippen molar-refractivity contribution in [3.63, 3.8) is 0 Å². The van der Waals surface area contributed by atoms with Gasteiger partial charge in [-0.1, -0.05) is 42.5 Å². The van der Waals surface area contributed by atoms with E-state index in [2.05, 4.69) is 36.4 Å². The lowest BCUT2D eigenvalue weighted by Crippen LogP contribution is -2.20. The van der Waals surface area contributed by atoms with Gasteiger partial charge in [-0.2, -0.15) is 0 Å². The summed E-state index contributed by atoms with van der Waals surface area (Å²) >= 11 is 0. The van der Waals surface area contributed by atoms with Crippen LogP contribution in [0, 0.1) is 23.7 Å². The summed E-state index contributed by atoms with van der Waals surface area (Å²) in [5.41, 5.74) is 1.38. The number of aliphatic hydroxyl groups excluding tert-OH is 1. The van der Waals surface area contributed by atoms with Gasteiger partial charge >= 0.3 is 5.97 Å². The Hall–Kier alpha value is -1.65. The number of rotatable bonds is 11. The molecule has 2 N–H and O–H groups in total. The van der Waals surface area contributed by atoms with Gasteiger partial charge < -0.3 is 14.9 Å². The van der Waals surface area contributed by atoms with Gasteiger partial charge in [-0.15, -0.1) is 0 Å². The molecule has 2 fully saturated rings. The van der Waals surface area contributed by atoms with E-state index in [4.69, 9.17) is 9.84 Å². The van der Waals surface area contributed by atoms with E-state index >= 15 is 0 Å². The predicted molar refractivity (Wildman–Crippen MR) is 101 cm³/mol. The molecule has 0 aliphatic heterocycles. The van der Waals surface area contributed by atoms with Gasteiger partial charge in [0.2, 0.25) is 0 Å². The first kappa shape index (κ1) is 19.1. The molecule has 4 heteroatoms. The number of fused-ring (bicyclic) bond motifs is 1. The van der Waals surface area contributed by atoms with E-state index in [-0.39, 0.29) is 19.1 Å². The highest BCUT2D eigenvalue weighted by molar-refractivity contribution is 5.66. The van der Waals surface area contributed by atoms with Crippen LogP contribution in [-0.4, -0.2) is 35.5 Å². The fourth-order valence-corrected chi connectivity index (χ4v) is 4.54. The summed E-state index contributed by atoms with van der Waals surface area (Å²) in [6, 6.07) is 10.6. The third kappa shape index (κ3) is 5.18. The molecule has 1 aromatic rings. The molecule has 2 aliphatic rings. The van der Waals surface area contributed by atoms with Crippen LogP contribution < -0.4 is 0 Å². The van der Waals surface area contributed by atoms with Crippen molar-refractivity contribution in [3.8, 4) is 0 Å². The molecule has 0 radical (unpaired) electrons. The molecule has 0 saturated heterocycles. The summed E-state index contributed by atoms with van der Waals surface area (Å²) in [7, 11) is 0. The highest BCUT2D eigenvalue weighted by atomic mass is 16.5. The van der Waals surface area contributed by atoms with Gasteiger partial charge in [0.15, 0.2) is 0 Å². The van der Waals surface area contributed by atoms with Gasteiger partial charge in [0.05, 0.1) is 19.1 Å². The Kier molecular flexibility index (Phi) is 6.86. The van der Waals surface area contributed by atoms with Gasteiger partial charge in [-0.05, 0) is 61.3 Å². The molecular weight excluding hydrogens is 328 g/mol. The third-order valence-corrected chi connectivity index (χ3v) is 5.88. The summed E-state index contributed by atoms with van der Waals surface area (Å²) in [6.07, 6.45) is 9.55. The highest BCUT2D eigenvalue weighted by Crippen LogP contribution is 2.62. The number of carboxylic acid groups (broad SMARTS) is 1. The number of carboxylic acids is 1. The van der Waals surface area contributed by atoms with Gasteiger partial charge in [0, 0.05) is 6.61 Å². The zero-order valence-corrected chi connectivity index (χ0v) is 15.3. The van der Waals surface area contributed by atoms with Crippen molar-refractivity contribution < 1.29 is 19.7 Å². The zero-order valence-electron chi connectivity index (χ0n) is 15.3. The second kappa shape index (κ2) is 9.33. The molecule has 2 aliphatic carbocycles. The largest absolute Gasteiger partial charge is 0.481 e. The van der Waals surface area contributed by atoms with E-state index in [0.29, 0.717) is 30.3 Å². The van der Waals surface area contributed by atoms with Crippen molar-refractivity contribution >= 4 is 5.97 Å².